The molecule has 0 aliphatic heterocycles. The summed E-state index contributed by atoms with van der Waals surface area (Å²) in [4.78, 5) is 22.8. The molecule has 0 aliphatic rings. The number of primary amides is 1. The normalized spacial score (nSPS) is 10.6. The van der Waals surface area contributed by atoms with Crippen LogP contribution in [0.3, 0.4) is 0 Å². The van der Waals surface area contributed by atoms with E-state index >= 15 is 0 Å². The van der Waals surface area contributed by atoms with Crippen molar-refractivity contribution in [1.29, 1.82) is 0 Å². The van der Waals surface area contributed by atoms with E-state index in [0.29, 0.717) is 29.6 Å². The zero-order chi connectivity index (χ0) is 17.5. The molecule has 1 aromatic heterocycles. The standard InChI is InChI=1S/C15H18FN5O2S/c1-2-21-13(7-6-12(17)22)19-20-15(21)24-9-14(23)18-11-5-3-4-10(16)8-11/h3-5,8H,2,6-7,9H2,1H3,(H2,17,22)(H,18,23). The summed E-state index contributed by atoms with van der Waals surface area (Å²) < 4.78 is 14.9. The van der Waals surface area contributed by atoms with E-state index in [0.717, 1.165) is 0 Å². The van der Waals surface area contributed by atoms with E-state index in [2.05, 4.69) is 15.5 Å². The quantitative estimate of drug-likeness (QED) is 0.703. The average molecular weight is 351 g/mol. The number of amides is 2. The summed E-state index contributed by atoms with van der Waals surface area (Å²) in [6.45, 7) is 2.54. The second-order valence-corrected chi connectivity index (χ2v) is 5.90. The van der Waals surface area contributed by atoms with Gasteiger partial charge >= 0.3 is 0 Å². The Bertz CT molecular complexity index is 734. The maximum Gasteiger partial charge on any atom is 0.234 e. The highest BCUT2D eigenvalue weighted by Crippen LogP contribution is 2.18. The zero-order valence-corrected chi connectivity index (χ0v) is 14.0. The van der Waals surface area contributed by atoms with Gasteiger partial charge in [-0.2, -0.15) is 0 Å². The molecule has 0 saturated carbocycles. The summed E-state index contributed by atoms with van der Waals surface area (Å²) in [6, 6.07) is 5.69. The molecule has 24 heavy (non-hydrogen) atoms. The lowest BCUT2D eigenvalue weighted by Crippen LogP contribution is -2.15. The van der Waals surface area contributed by atoms with E-state index in [1.54, 1.807) is 6.07 Å². The number of rotatable bonds is 8. The number of halogens is 1. The van der Waals surface area contributed by atoms with Crippen LogP contribution in [0.4, 0.5) is 10.1 Å². The van der Waals surface area contributed by atoms with E-state index < -0.39 is 11.7 Å². The lowest BCUT2D eigenvalue weighted by molar-refractivity contribution is -0.118. The molecule has 0 aliphatic carbocycles. The fraction of sp³-hybridized carbons (Fsp3) is 0.333. The molecule has 0 fully saturated rings. The van der Waals surface area contributed by atoms with E-state index in [4.69, 9.17) is 5.73 Å². The fourth-order valence-corrected chi connectivity index (χ4v) is 2.88. The number of hydrogen-bond donors (Lipinski definition) is 2. The predicted octanol–water partition coefficient (Wildman–Crippen LogP) is 1.59. The van der Waals surface area contributed by atoms with Gasteiger partial charge in [0.15, 0.2) is 5.16 Å². The maximum atomic E-state index is 13.1. The number of aryl methyl sites for hydroxylation is 1. The molecule has 0 unspecified atom stereocenters. The molecule has 0 saturated heterocycles. The van der Waals surface area contributed by atoms with Crippen molar-refractivity contribution in [2.45, 2.75) is 31.5 Å². The van der Waals surface area contributed by atoms with E-state index in [1.807, 2.05) is 11.5 Å². The second-order valence-electron chi connectivity index (χ2n) is 4.96. The number of nitrogens with zero attached hydrogens (tertiary/aromatic N) is 3. The van der Waals surface area contributed by atoms with Gasteiger partial charge in [0.1, 0.15) is 11.6 Å². The van der Waals surface area contributed by atoms with Gasteiger partial charge < -0.3 is 15.6 Å². The second kappa shape index (κ2) is 8.44. The predicted molar refractivity (Wildman–Crippen MR) is 89.0 cm³/mol. The Kier molecular flexibility index (Phi) is 6.30. The Hall–Kier alpha value is -2.42. The molecule has 1 heterocycles. The molecular formula is C15H18FN5O2S. The summed E-state index contributed by atoms with van der Waals surface area (Å²) >= 11 is 1.23. The van der Waals surface area contributed by atoms with Gasteiger partial charge in [-0.1, -0.05) is 17.8 Å². The third-order valence-corrected chi connectivity index (χ3v) is 4.11. The summed E-state index contributed by atoms with van der Waals surface area (Å²) in [6.07, 6.45) is 0.606. The molecule has 0 bridgehead atoms. The monoisotopic (exact) mass is 351 g/mol. The minimum absolute atomic E-state index is 0.116. The van der Waals surface area contributed by atoms with Gasteiger partial charge in [0.05, 0.1) is 5.75 Å². The van der Waals surface area contributed by atoms with Crippen molar-refractivity contribution in [3.05, 3.63) is 35.9 Å². The molecule has 2 amide bonds. The number of carbonyl (C=O) groups is 2. The van der Waals surface area contributed by atoms with Crippen LogP contribution in [0.25, 0.3) is 0 Å². The largest absolute Gasteiger partial charge is 0.370 e. The molecule has 0 radical (unpaired) electrons. The van der Waals surface area contributed by atoms with Crippen LogP contribution in [0, 0.1) is 5.82 Å². The summed E-state index contributed by atoms with van der Waals surface area (Å²) in [5, 5.41) is 11.3. The van der Waals surface area contributed by atoms with Gasteiger partial charge in [0, 0.05) is 25.1 Å². The van der Waals surface area contributed by atoms with E-state index in [9.17, 15) is 14.0 Å². The SMILES string of the molecule is CCn1c(CCC(N)=O)nnc1SCC(=O)Nc1cccc(F)c1. The Labute approximate surface area is 142 Å². The number of nitrogens with one attached hydrogen (secondary N) is 1. The van der Waals surface area contributed by atoms with Crippen molar-refractivity contribution >= 4 is 29.3 Å². The van der Waals surface area contributed by atoms with E-state index in [-0.39, 0.29) is 18.1 Å². The first kappa shape index (κ1) is 17.9. The molecule has 2 rings (SSSR count). The van der Waals surface area contributed by atoms with Gasteiger partial charge in [0.25, 0.3) is 0 Å². The van der Waals surface area contributed by atoms with Crippen LogP contribution in [0.15, 0.2) is 29.4 Å². The highest BCUT2D eigenvalue weighted by molar-refractivity contribution is 7.99. The highest BCUT2D eigenvalue weighted by atomic mass is 32.2. The number of nitrogens with two attached hydrogens (primary N) is 1. The topological polar surface area (TPSA) is 103 Å². The first-order chi connectivity index (χ1) is 11.5. The van der Waals surface area contributed by atoms with Crippen LogP contribution < -0.4 is 11.1 Å². The molecular weight excluding hydrogens is 333 g/mol. The first-order valence-corrected chi connectivity index (χ1v) is 8.36. The number of aromatic nitrogens is 3. The van der Waals surface area contributed by atoms with Crippen molar-refractivity contribution in [2.75, 3.05) is 11.1 Å². The molecule has 0 spiro atoms. The Balaban J connectivity index is 1.93. The van der Waals surface area contributed by atoms with Crippen LogP contribution in [0.1, 0.15) is 19.2 Å². The van der Waals surface area contributed by atoms with Crippen LogP contribution in [-0.4, -0.2) is 32.3 Å². The van der Waals surface area contributed by atoms with Gasteiger partial charge in [-0.3, -0.25) is 9.59 Å². The summed E-state index contributed by atoms with van der Waals surface area (Å²) in [5.41, 5.74) is 5.54. The third kappa shape index (κ3) is 5.05. The Morgan fingerprint density at radius 1 is 1.38 bits per heavy atom. The molecule has 1 aromatic carbocycles. The minimum atomic E-state index is -0.412. The van der Waals surface area contributed by atoms with Crippen molar-refractivity contribution in [1.82, 2.24) is 14.8 Å². The molecule has 7 nitrogen and oxygen atoms in total. The van der Waals surface area contributed by atoms with Gasteiger partial charge in [-0.05, 0) is 25.1 Å². The van der Waals surface area contributed by atoms with E-state index in [1.165, 1.54) is 30.0 Å². The van der Waals surface area contributed by atoms with Crippen LogP contribution >= 0.6 is 11.8 Å². The highest BCUT2D eigenvalue weighted by Gasteiger charge is 2.14. The minimum Gasteiger partial charge on any atom is -0.370 e. The fourth-order valence-electron chi connectivity index (χ4n) is 2.06. The summed E-state index contributed by atoms with van der Waals surface area (Å²) in [7, 11) is 0. The zero-order valence-electron chi connectivity index (χ0n) is 13.2. The van der Waals surface area contributed by atoms with Crippen molar-refractivity contribution in [3.63, 3.8) is 0 Å². The van der Waals surface area contributed by atoms with Gasteiger partial charge in [-0.25, -0.2) is 4.39 Å². The lowest BCUT2D eigenvalue weighted by Gasteiger charge is -2.07. The molecule has 128 valence electrons. The van der Waals surface area contributed by atoms with Crippen LogP contribution in [0.2, 0.25) is 0 Å². The number of hydrogen-bond acceptors (Lipinski definition) is 5. The number of benzene rings is 1. The maximum absolute atomic E-state index is 13.1. The lowest BCUT2D eigenvalue weighted by atomic mass is 10.3. The van der Waals surface area contributed by atoms with Crippen molar-refractivity contribution in [2.24, 2.45) is 5.73 Å². The van der Waals surface area contributed by atoms with Crippen LogP contribution in [-0.2, 0) is 22.6 Å². The Morgan fingerprint density at radius 2 is 2.17 bits per heavy atom. The van der Waals surface area contributed by atoms with Gasteiger partial charge in [-0.15, -0.1) is 10.2 Å². The smallest absolute Gasteiger partial charge is 0.234 e. The van der Waals surface area contributed by atoms with Crippen molar-refractivity contribution in [3.8, 4) is 0 Å². The average Bonchev–Trinajstić information content (AvgIpc) is 2.93. The van der Waals surface area contributed by atoms with Crippen molar-refractivity contribution < 1.29 is 14.0 Å². The summed E-state index contributed by atoms with van der Waals surface area (Å²) in [5.74, 6) is -0.307. The van der Waals surface area contributed by atoms with Crippen LogP contribution in [0.5, 0.6) is 0 Å². The number of carbonyl (C=O) groups excluding carboxylic acids is 2. The molecule has 0 atom stereocenters. The first-order valence-electron chi connectivity index (χ1n) is 7.38. The molecule has 9 heteroatoms. The third-order valence-electron chi connectivity index (χ3n) is 3.15. The number of anilines is 1. The Morgan fingerprint density at radius 3 is 2.83 bits per heavy atom. The molecule has 2 aromatic rings. The number of thioether (sulfide) groups is 1. The van der Waals surface area contributed by atoms with Gasteiger partial charge in [0.2, 0.25) is 11.8 Å². The molecule has 3 N–H and O–H groups in total.